The first-order valence-electron chi connectivity index (χ1n) is 12.3. The predicted molar refractivity (Wildman–Crippen MR) is 146 cm³/mol. The summed E-state index contributed by atoms with van der Waals surface area (Å²) >= 11 is 1.19. The average molecular weight is 545 g/mol. The van der Waals surface area contributed by atoms with Crippen LogP contribution in [0.1, 0.15) is 32.3 Å². The van der Waals surface area contributed by atoms with Gasteiger partial charge >= 0.3 is 12.0 Å². The fourth-order valence-corrected chi connectivity index (χ4v) is 4.60. The van der Waals surface area contributed by atoms with E-state index in [0.717, 1.165) is 5.56 Å². The molecule has 206 valence electrons. The van der Waals surface area contributed by atoms with Crippen LogP contribution >= 0.6 is 11.8 Å². The Bertz CT molecular complexity index is 1050. The second-order valence-corrected chi connectivity index (χ2v) is 10.2. The number of anilines is 1. The van der Waals surface area contributed by atoms with Crippen LogP contribution in [0.15, 0.2) is 54.9 Å². The van der Waals surface area contributed by atoms with Gasteiger partial charge in [-0.05, 0) is 30.0 Å². The third kappa shape index (κ3) is 9.79. The molecule has 1 heterocycles. The monoisotopic (exact) mass is 544 g/mol. The van der Waals surface area contributed by atoms with Gasteiger partial charge in [0.25, 0.3) is 5.91 Å². The minimum absolute atomic E-state index is 0.0407. The number of likely N-dealkylation sites (N-methyl/N-ethyl adjacent to an activating group) is 1. The largest absolute Gasteiger partial charge is 0.468 e. The maximum absolute atomic E-state index is 13.4. The van der Waals surface area contributed by atoms with Crippen LogP contribution in [0.3, 0.4) is 0 Å². The minimum atomic E-state index is -1.10. The van der Waals surface area contributed by atoms with Crippen LogP contribution < -0.4 is 10.2 Å². The number of hydrogen-bond donors (Lipinski definition) is 2. The molecule has 10 nitrogen and oxygen atoms in total. The number of rotatable bonds is 13. The lowest BCUT2D eigenvalue weighted by Gasteiger charge is -2.27. The standard InChI is InChI=1S/C27H36N4O6S/c1-19(2)12-13-21(17-38-18-24(32)37-4)25(33)31(36)27(35)29-23(15-20-9-6-5-7-10-20)26(34)30(3)22-11-8-14-28-16-22/h5-11,14,16,19,21,23,36H,12-13,15,17-18H2,1-4H3,(H,29,35)/t21-,23?/m1/s1. The number of amides is 4. The number of carbonyl (C=O) groups is 4. The number of aromatic nitrogens is 1. The molecule has 0 aliphatic carbocycles. The fraction of sp³-hybridized carbons (Fsp3) is 0.444. The smallest absolute Gasteiger partial charge is 0.349 e. The van der Waals surface area contributed by atoms with E-state index < -0.39 is 35.8 Å². The third-order valence-corrected chi connectivity index (χ3v) is 6.93. The van der Waals surface area contributed by atoms with Gasteiger partial charge in [-0.2, -0.15) is 0 Å². The number of esters is 1. The van der Waals surface area contributed by atoms with Crippen LogP contribution in [-0.2, 0) is 25.5 Å². The fourth-order valence-electron chi connectivity index (χ4n) is 3.60. The number of carbonyl (C=O) groups excluding carboxylic acids is 4. The Labute approximate surface area is 227 Å². The van der Waals surface area contributed by atoms with E-state index in [1.165, 1.54) is 30.0 Å². The number of hydroxylamine groups is 2. The summed E-state index contributed by atoms with van der Waals surface area (Å²) in [5, 5.41) is 13.1. The van der Waals surface area contributed by atoms with E-state index in [4.69, 9.17) is 0 Å². The van der Waals surface area contributed by atoms with Gasteiger partial charge in [0.05, 0.1) is 24.7 Å². The SMILES string of the molecule is COC(=O)CSC[C@@H](CCC(C)C)C(=O)N(O)C(=O)NC(Cc1ccccc1)C(=O)N(C)c1cccnc1. The van der Waals surface area contributed by atoms with Crippen LogP contribution in [0.25, 0.3) is 0 Å². The van der Waals surface area contributed by atoms with Crippen LogP contribution in [0, 0.1) is 11.8 Å². The molecule has 2 aromatic rings. The molecule has 0 bridgehead atoms. The topological polar surface area (TPSA) is 129 Å². The van der Waals surface area contributed by atoms with Gasteiger partial charge in [0.15, 0.2) is 0 Å². The maximum Gasteiger partial charge on any atom is 0.349 e. The van der Waals surface area contributed by atoms with E-state index in [-0.39, 0.29) is 23.0 Å². The predicted octanol–water partition coefficient (Wildman–Crippen LogP) is 3.54. The first-order valence-corrected chi connectivity index (χ1v) is 13.5. The number of nitrogens with zero attached hydrogens (tertiary/aromatic N) is 3. The number of hydrogen-bond acceptors (Lipinski definition) is 8. The highest BCUT2D eigenvalue weighted by atomic mass is 32.2. The number of benzene rings is 1. The van der Waals surface area contributed by atoms with Gasteiger partial charge in [0.2, 0.25) is 5.91 Å². The van der Waals surface area contributed by atoms with E-state index in [1.807, 2.05) is 44.2 Å². The van der Waals surface area contributed by atoms with Crippen molar-refractivity contribution in [2.24, 2.45) is 11.8 Å². The Morgan fingerprint density at radius 3 is 2.37 bits per heavy atom. The van der Waals surface area contributed by atoms with Gasteiger partial charge in [-0.25, -0.2) is 4.79 Å². The van der Waals surface area contributed by atoms with E-state index >= 15 is 0 Å². The van der Waals surface area contributed by atoms with Crippen LogP contribution in [0.2, 0.25) is 0 Å². The summed E-state index contributed by atoms with van der Waals surface area (Å²) in [5.41, 5.74) is 1.31. The summed E-state index contributed by atoms with van der Waals surface area (Å²) in [6, 6.07) is 10.3. The van der Waals surface area contributed by atoms with Crippen molar-refractivity contribution in [1.29, 1.82) is 0 Å². The number of methoxy groups -OCH3 is 1. The molecule has 2 N–H and O–H groups in total. The zero-order valence-electron chi connectivity index (χ0n) is 22.2. The molecule has 0 spiro atoms. The van der Waals surface area contributed by atoms with Crippen molar-refractivity contribution < 1.29 is 29.1 Å². The quantitative estimate of drug-likeness (QED) is 0.223. The first kappa shape index (κ1) is 30.8. The maximum atomic E-state index is 13.4. The molecule has 4 amide bonds. The molecular weight excluding hydrogens is 508 g/mol. The molecule has 11 heteroatoms. The van der Waals surface area contributed by atoms with Crippen molar-refractivity contribution in [2.45, 2.75) is 39.2 Å². The zero-order valence-corrected chi connectivity index (χ0v) is 23.0. The number of thioether (sulfide) groups is 1. The highest BCUT2D eigenvalue weighted by Gasteiger charge is 2.32. The second kappa shape index (κ2) is 15.7. The molecule has 0 aliphatic heterocycles. The summed E-state index contributed by atoms with van der Waals surface area (Å²) in [4.78, 5) is 56.3. The number of imide groups is 1. The molecule has 0 radical (unpaired) electrons. The minimum Gasteiger partial charge on any atom is -0.468 e. The van der Waals surface area contributed by atoms with Crippen molar-refractivity contribution in [3.8, 4) is 0 Å². The average Bonchev–Trinajstić information content (AvgIpc) is 2.93. The Kier molecular flexibility index (Phi) is 12.7. The van der Waals surface area contributed by atoms with Crippen molar-refractivity contribution in [3.05, 3.63) is 60.4 Å². The number of urea groups is 1. The molecule has 1 aromatic heterocycles. The molecule has 1 unspecified atom stereocenters. The van der Waals surface area contributed by atoms with E-state index in [0.29, 0.717) is 24.4 Å². The Morgan fingerprint density at radius 1 is 1.05 bits per heavy atom. The second-order valence-electron chi connectivity index (χ2n) is 9.21. The first-order chi connectivity index (χ1) is 18.1. The van der Waals surface area contributed by atoms with E-state index in [1.54, 1.807) is 25.4 Å². The lowest BCUT2D eigenvalue weighted by molar-refractivity contribution is -0.157. The number of nitrogens with one attached hydrogen (secondary N) is 1. The van der Waals surface area contributed by atoms with Gasteiger partial charge in [0, 0.05) is 31.3 Å². The van der Waals surface area contributed by atoms with Crippen LogP contribution in [0.5, 0.6) is 0 Å². The summed E-state index contributed by atoms with van der Waals surface area (Å²) in [7, 11) is 2.84. The van der Waals surface area contributed by atoms with Crippen molar-refractivity contribution in [2.75, 3.05) is 30.6 Å². The number of pyridine rings is 1. The third-order valence-electron chi connectivity index (χ3n) is 5.85. The lowest BCUT2D eigenvalue weighted by Crippen LogP contribution is -2.54. The van der Waals surface area contributed by atoms with E-state index in [9.17, 15) is 24.4 Å². The molecule has 38 heavy (non-hydrogen) atoms. The van der Waals surface area contributed by atoms with Gasteiger partial charge in [-0.3, -0.25) is 24.6 Å². The molecule has 2 atom stereocenters. The zero-order chi connectivity index (χ0) is 28.1. The van der Waals surface area contributed by atoms with Gasteiger partial charge in [0.1, 0.15) is 6.04 Å². The summed E-state index contributed by atoms with van der Waals surface area (Å²) in [6.45, 7) is 4.01. The van der Waals surface area contributed by atoms with Crippen LogP contribution in [-0.4, -0.2) is 70.8 Å². The molecule has 0 saturated heterocycles. The van der Waals surface area contributed by atoms with Crippen molar-refractivity contribution in [3.63, 3.8) is 0 Å². The molecule has 0 fully saturated rings. The molecule has 0 aliphatic rings. The van der Waals surface area contributed by atoms with Crippen LogP contribution in [0.4, 0.5) is 10.5 Å². The Morgan fingerprint density at radius 2 is 1.76 bits per heavy atom. The van der Waals surface area contributed by atoms with Gasteiger partial charge in [-0.1, -0.05) is 50.6 Å². The number of ether oxygens (including phenoxy) is 1. The van der Waals surface area contributed by atoms with Gasteiger partial charge in [-0.15, -0.1) is 16.8 Å². The summed E-state index contributed by atoms with van der Waals surface area (Å²) in [6.07, 6.45) is 4.36. The summed E-state index contributed by atoms with van der Waals surface area (Å²) < 4.78 is 4.63. The molecule has 1 aromatic carbocycles. The van der Waals surface area contributed by atoms with Gasteiger partial charge < -0.3 is 15.0 Å². The van der Waals surface area contributed by atoms with E-state index in [2.05, 4.69) is 15.0 Å². The summed E-state index contributed by atoms with van der Waals surface area (Å²) in [5.74, 6) is -1.80. The Hall–Kier alpha value is -3.44. The molecule has 0 saturated carbocycles. The molecular formula is C27H36N4O6S. The Balaban J connectivity index is 2.18. The highest BCUT2D eigenvalue weighted by molar-refractivity contribution is 7.99. The molecule has 2 rings (SSSR count). The lowest BCUT2D eigenvalue weighted by atomic mass is 9.98. The van der Waals surface area contributed by atoms with Crippen molar-refractivity contribution >= 4 is 41.3 Å². The van der Waals surface area contributed by atoms with Crippen molar-refractivity contribution in [1.82, 2.24) is 15.4 Å². The highest BCUT2D eigenvalue weighted by Crippen LogP contribution is 2.20. The normalized spacial score (nSPS) is 12.4.